The Morgan fingerprint density at radius 1 is 0.571 bits per heavy atom. The van der Waals surface area contributed by atoms with Gasteiger partial charge in [0.2, 0.25) is 0 Å². The Labute approximate surface area is 368 Å². The van der Waals surface area contributed by atoms with Crippen molar-refractivity contribution in [1.82, 2.24) is 0 Å². The van der Waals surface area contributed by atoms with Crippen LogP contribution in [0.5, 0.6) is 0 Å². The van der Waals surface area contributed by atoms with Gasteiger partial charge in [-0.2, -0.15) is 77.9 Å². The summed E-state index contributed by atoms with van der Waals surface area (Å²) in [6, 6.07) is 54.5. The zero-order valence-corrected chi connectivity index (χ0v) is 39.2. The molecule has 288 valence electrons. The van der Waals surface area contributed by atoms with E-state index in [0.29, 0.717) is 0 Å². The van der Waals surface area contributed by atoms with Gasteiger partial charge >= 0.3 is 30.2 Å². The van der Waals surface area contributed by atoms with Crippen LogP contribution in [0.1, 0.15) is 81.3 Å². The first kappa shape index (κ1) is 48.6. The molecule has 0 unspecified atom stereocenters. The Hall–Kier alpha value is -3.52. The van der Waals surface area contributed by atoms with Crippen LogP contribution >= 0.6 is 24.8 Å². The molecular weight excluding hydrogens is 815 g/mol. The molecule has 2 aliphatic rings. The van der Waals surface area contributed by atoms with Crippen LogP contribution in [-0.4, -0.2) is 6.88 Å². The molecule has 0 saturated carbocycles. The third-order valence-electron chi connectivity index (χ3n) is 9.18. The Bertz CT molecular complexity index is 1960. The molecule has 0 spiro atoms. The predicted molar refractivity (Wildman–Crippen MR) is 244 cm³/mol. The van der Waals surface area contributed by atoms with Crippen molar-refractivity contribution >= 4 is 31.7 Å². The zero-order valence-electron chi connectivity index (χ0n) is 34.1. The molecular formula is C52H54Cl2SiZr-4. The van der Waals surface area contributed by atoms with Gasteiger partial charge in [0.05, 0.1) is 0 Å². The summed E-state index contributed by atoms with van der Waals surface area (Å²) in [6.45, 7) is 21.1. The van der Waals surface area contributed by atoms with E-state index in [0.717, 1.165) is 12.8 Å². The van der Waals surface area contributed by atoms with Gasteiger partial charge in [0.1, 0.15) is 0 Å². The maximum atomic E-state index is 3.88. The maximum absolute atomic E-state index is 3.88. The molecule has 0 aromatic heterocycles. The fourth-order valence-corrected chi connectivity index (χ4v) is 6.38. The first-order chi connectivity index (χ1) is 25.9. The molecule has 2 aliphatic carbocycles. The molecule has 0 N–H and O–H groups in total. The van der Waals surface area contributed by atoms with E-state index in [1.807, 2.05) is 60.7 Å². The summed E-state index contributed by atoms with van der Waals surface area (Å²) in [7, 11) is 0. The van der Waals surface area contributed by atoms with Crippen molar-refractivity contribution in [2.45, 2.75) is 79.1 Å². The van der Waals surface area contributed by atoms with Crippen LogP contribution in [0, 0.1) is 38.1 Å². The van der Waals surface area contributed by atoms with Crippen molar-refractivity contribution in [1.29, 1.82) is 0 Å². The molecule has 6 aromatic carbocycles. The van der Waals surface area contributed by atoms with Gasteiger partial charge in [0.15, 0.2) is 0 Å². The summed E-state index contributed by atoms with van der Waals surface area (Å²) < 4.78 is 0. The Balaban J connectivity index is 0.000000382. The topological polar surface area (TPSA) is 0 Å². The molecule has 2 radical (unpaired) electrons. The molecule has 0 fully saturated rings. The van der Waals surface area contributed by atoms with E-state index in [2.05, 4.69) is 171 Å². The molecule has 0 saturated heterocycles. The standard InChI is InChI=1S/C33H33.2C7H7.C5H5.2ClH.Si.Zr/c1-32(2,3)30-20-26-24(18-28(30)22-13-9-7-10-14-22)17-25-19-29(23-15-11-8-12-16-23)31(21-27(25)26)33(4,5)6;2*1-7-5-3-2-4-6-7;1-2-4-5-3-1;;;;/h7-16,18,20-21H,17H2,1-6H3;2*3-6H,1H3;1-3H,4H2;2*1H;;/q4*-1;;;;. The van der Waals surface area contributed by atoms with E-state index in [1.54, 1.807) is 0 Å². The van der Waals surface area contributed by atoms with Crippen LogP contribution in [0.2, 0.25) is 0 Å². The SMILES string of the molecule is CC(C)(C)c1cc2c([c-]c1-c1ccccc1)Cc1cc(-c3ccccc3)c(C(C)(C)C)cc1-2.Cc1cc[c-]cc1.Cc1cc[c-]cc1.Cl.Cl.[C-]1=CC=CC1.[Si]=[Zr]. The van der Waals surface area contributed by atoms with E-state index in [9.17, 15) is 0 Å². The van der Waals surface area contributed by atoms with Gasteiger partial charge in [-0.25, -0.2) is 12.2 Å². The van der Waals surface area contributed by atoms with Crippen molar-refractivity contribution in [2.24, 2.45) is 0 Å². The van der Waals surface area contributed by atoms with Gasteiger partial charge in [-0.1, -0.05) is 145 Å². The van der Waals surface area contributed by atoms with Gasteiger partial charge in [-0.05, 0) is 39.5 Å². The third-order valence-corrected chi connectivity index (χ3v) is 9.18. The number of hydrogen-bond acceptors (Lipinski definition) is 0. The number of halogens is 2. The first-order valence-corrected chi connectivity index (χ1v) is 22.8. The van der Waals surface area contributed by atoms with Crippen molar-refractivity contribution < 1.29 is 23.3 Å². The van der Waals surface area contributed by atoms with Crippen LogP contribution in [0.15, 0.2) is 146 Å². The van der Waals surface area contributed by atoms with E-state index in [-0.39, 0.29) is 35.6 Å². The molecule has 0 amide bonds. The number of rotatable bonds is 2. The molecule has 6 aromatic rings. The molecule has 4 heteroatoms. The van der Waals surface area contributed by atoms with E-state index < -0.39 is 0 Å². The Kier molecular flexibility index (Phi) is 20.5. The molecule has 0 aliphatic heterocycles. The number of benzene rings is 6. The van der Waals surface area contributed by atoms with Crippen LogP contribution in [0.25, 0.3) is 33.4 Å². The van der Waals surface area contributed by atoms with Gasteiger partial charge < -0.3 is 0 Å². The third kappa shape index (κ3) is 14.1. The van der Waals surface area contributed by atoms with E-state index in [4.69, 9.17) is 0 Å². The molecule has 0 bridgehead atoms. The average Bonchev–Trinajstić information content (AvgIpc) is 3.88. The van der Waals surface area contributed by atoms with Crippen molar-refractivity contribution in [2.75, 3.05) is 0 Å². The van der Waals surface area contributed by atoms with Gasteiger partial charge in [-0.15, -0.1) is 60.1 Å². The van der Waals surface area contributed by atoms with Crippen molar-refractivity contribution in [3.05, 3.63) is 203 Å². The Morgan fingerprint density at radius 3 is 1.45 bits per heavy atom. The molecule has 56 heavy (non-hydrogen) atoms. The van der Waals surface area contributed by atoms with Crippen LogP contribution < -0.4 is 0 Å². The van der Waals surface area contributed by atoms with Crippen LogP contribution in [0.3, 0.4) is 0 Å². The fourth-order valence-electron chi connectivity index (χ4n) is 6.38. The second-order valence-corrected chi connectivity index (χ2v) is 15.6. The zero-order chi connectivity index (χ0) is 39.1. The van der Waals surface area contributed by atoms with Gasteiger partial charge in [0.25, 0.3) is 0 Å². The summed E-state index contributed by atoms with van der Waals surface area (Å²) in [4.78, 5) is 0. The molecule has 0 atom stereocenters. The van der Waals surface area contributed by atoms with Gasteiger partial charge in [0, 0.05) is 0 Å². The monoisotopic (exact) mass is 866 g/mol. The Morgan fingerprint density at radius 2 is 1.05 bits per heavy atom. The predicted octanol–water partition coefficient (Wildman–Crippen LogP) is 14.3. The second kappa shape index (κ2) is 23.6. The fraction of sp³-hybridized carbons (Fsp3) is 0.231. The average molecular weight is 869 g/mol. The molecule has 8 rings (SSSR count). The first-order valence-electron chi connectivity index (χ1n) is 18.6. The van der Waals surface area contributed by atoms with Crippen LogP contribution in [-0.2, 0) is 40.6 Å². The van der Waals surface area contributed by atoms with Crippen molar-refractivity contribution in [3.63, 3.8) is 0 Å². The summed E-state index contributed by atoms with van der Waals surface area (Å²) >= 11 is 1.36. The molecule has 0 nitrogen and oxygen atoms in total. The summed E-state index contributed by atoms with van der Waals surface area (Å²) in [5.74, 6) is 0. The number of hydrogen-bond donors (Lipinski definition) is 0. The van der Waals surface area contributed by atoms with E-state index in [1.165, 1.54) is 90.1 Å². The van der Waals surface area contributed by atoms with E-state index >= 15 is 0 Å². The summed E-state index contributed by atoms with van der Waals surface area (Å²) in [6.07, 6.45) is 10.9. The summed E-state index contributed by atoms with van der Waals surface area (Å²) in [5.41, 5.74) is 16.1. The number of allylic oxidation sites excluding steroid dienone is 4. The number of fused-ring (bicyclic) bond motifs is 3. The minimum absolute atomic E-state index is 0. The van der Waals surface area contributed by atoms with Crippen LogP contribution in [0.4, 0.5) is 0 Å². The van der Waals surface area contributed by atoms with Gasteiger partial charge in [-0.3, -0.25) is 6.08 Å². The number of aryl methyl sites for hydroxylation is 2. The normalized spacial score (nSPS) is 11.5. The second-order valence-electron chi connectivity index (χ2n) is 15.6. The van der Waals surface area contributed by atoms with Crippen molar-refractivity contribution in [3.8, 4) is 33.4 Å². The quantitative estimate of drug-likeness (QED) is 0.120. The minimum atomic E-state index is 0. The summed E-state index contributed by atoms with van der Waals surface area (Å²) in [5, 5.41) is 0. The molecule has 0 heterocycles.